The van der Waals surface area contributed by atoms with Gasteiger partial charge in [-0.05, 0) is 54.4 Å². The summed E-state index contributed by atoms with van der Waals surface area (Å²) in [7, 11) is 2.19. The van der Waals surface area contributed by atoms with Crippen LogP contribution in [0.3, 0.4) is 0 Å². The molecule has 1 fully saturated rings. The summed E-state index contributed by atoms with van der Waals surface area (Å²) in [6.45, 7) is 9.06. The number of nitrogens with zero attached hydrogens (tertiary/aromatic N) is 1. The number of pyridine rings is 1. The van der Waals surface area contributed by atoms with Gasteiger partial charge in [0.05, 0.1) is 0 Å². The zero-order chi connectivity index (χ0) is 16.6. The molecular weight excluding hydrogens is 278 g/mol. The zero-order valence-electron chi connectivity index (χ0n) is 15.3. The van der Waals surface area contributed by atoms with Crippen LogP contribution >= 0.6 is 0 Å². The Bertz CT molecular complexity index is 700. The lowest BCUT2D eigenvalue weighted by Crippen LogP contribution is -2.31. The Morgan fingerprint density at radius 3 is 2.26 bits per heavy atom. The molecule has 0 atom stereocenters. The number of aromatic nitrogens is 1. The minimum absolute atomic E-state index is 0.206. The fraction of sp³-hybridized carbons (Fsp3) is 0.500. The van der Waals surface area contributed by atoms with E-state index in [9.17, 15) is 0 Å². The van der Waals surface area contributed by atoms with E-state index in [-0.39, 0.29) is 5.41 Å². The van der Waals surface area contributed by atoms with E-state index < -0.39 is 0 Å². The number of aryl methyl sites for hydroxylation is 2. The first-order valence-electron chi connectivity index (χ1n) is 8.97. The molecule has 0 aliphatic heterocycles. The van der Waals surface area contributed by atoms with Crippen LogP contribution in [0.4, 0.5) is 0 Å². The highest BCUT2D eigenvalue weighted by Crippen LogP contribution is 2.34. The van der Waals surface area contributed by atoms with E-state index in [0.717, 1.165) is 5.92 Å². The molecule has 1 aromatic carbocycles. The van der Waals surface area contributed by atoms with E-state index in [4.69, 9.17) is 0 Å². The summed E-state index contributed by atoms with van der Waals surface area (Å²) < 4.78 is 2.31. The molecular formula is C22H30N+. The highest BCUT2D eigenvalue weighted by molar-refractivity contribution is 5.62. The Balaban J connectivity index is 1.95. The zero-order valence-corrected chi connectivity index (χ0v) is 15.3. The van der Waals surface area contributed by atoms with Gasteiger partial charge in [0.25, 0.3) is 0 Å². The van der Waals surface area contributed by atoms with Crippen molar-refractivity contribution >= 4 is 0 Å². The summed E-state index contributed by atoms with van der Waals surface area (Å²) in [6, 6.07) is 11.6. The topological polar surface area (TPSA) is 3.88 Å². The molecule has 3 rings (SSSR count). The maximum Gasteiger partial charge on any atom is 0.212 e. The van der Waals surface area contributed by atoms with Crippen LogP contribution in [0.5, 0.6) is 0 Å². The summed E-state index contributed by atoms with van der Waals surface area (Å²) in [5.41, 5.74) is 7.14. The lowest BCUT2D eigenvalue weighted by molar-refractivity contribution is -0.660. The van der Waals surface area contributed by atoms with E-state index in [1.807, 2.05) is 0 Å². The lowest BCUT2D eigenvalue weighted by Gasteiger charge is -2.20. The van der Waals surface area contributed by atoms with Gasteiger partial charge in [-0.25, -0.2) is 4.57 Å². The molecule has 1 heterocycles. The van der Waals surface area contributed by atoms with Crippen LogP contribution < -0.4 is 4.57 Å². The second-order valence-corrected chi connectivity index (χ2v) is 8.22. The van der Waals surface area contributed by atoms with Gasteiger partial charge in [-0.2, -0.15) is 0 Å². The fourth-order valence-corrected chi connectivity index (χ4v) is 3.83. The molecule has 122 valence electrons. The number of benzene rings is 1. The first-order valence-corrected chi connectivity index (χ1v) is 8.97. The van der Waals surface area contributed by atoms with Gasteiger partial charge in [0, 0.05) is 17.2 Å². The third-order valence-electron chi connectivity index (χ3n) is 5.35. The molecule has 0 amide bonds. The minimum atomic E-state index is 0.206. The third kappa shape index (κ3) is 3.34. The second kappa shape index (κ2) is 6.11. The molecule has 23 heavy (non-hydrogen) atoms. The maximum atomic E-state index is 2.35. The molecule has 1 aromatic heterocycles. The van der Waals surface area contributed by atoms with Crippen molar-refractivity contribution < 1.29 is 4.57 Å². The van der Waals surface area contributed by atoms with Crippen molar-refractivity contribution in [2.24, 2.45) is 7.05 Å². The Morgan fingerprint density at radius 1 is 1.00 bits per heavy atom. The van der Waals surface area contributed by atoms with Crippen molar-refractivity contribution in [3.8, 4) is 11.3 Å². The molecule has 0 unspecified atom stereocenters. The molecule has 2 aromatic rings. The van der Waals surface area contributed by atoms with Crippen molar-refractivity contribution in [1.82, 2.24) is 0 Å². The monoisotopic (exact) mass is 308 g/mol. The van der Waals surface area contributed by atoms with Crippen molar-refractivity contribution in [1.29, 1.82) is 0 Å². The van der Waals surface area contributed by atoms with Crippen molar-refractivity contribution in [3.63, 3.8) is 0 Å². The van der Waals surface area contributed by atoms with Crippen LogP contribution in [0.25, 0.3) is 11.3 Å². The quantitative estimate of drug-likeness (QED) is 0.650. The maximum absolute atomic E-state index is 2.35. The first kappa shape index (κ1) is 16.2. The number of rotatable bonds is 2. The SMILES string of the molecule is Cc1cc(C(C)(C)C)ccc1-c1ccc(C2CCCC2)c[n+]1C. The molecule has 1 heteroatoms. The van der Waals surface area contributed by atoms with Gasteiger partial charge in [0.15, 0.2) is 6.20 Å². The van der Waals surface area contributed by atoms with Crippen LogP contribution in [0.15, 0.2) is 36.5 Å². The van der Waals surface area contributed by atoms with E-state index in [1.165, 1.54) is 53.6 Å². The summed E-state index contributed by atoms with van der Waals surface area (Å²) in [5.74, 6) is 0.777. The van der Waals surface area contributed by atoms with Crippen LogP contribution in [0.1, 0.15) is 69.1 Å². The van der Waals surface area contributed by atoms with Crippen molar-refractivity contribution in [2.45, 2.75) is 64.7 Å². The summed E-state index contributed by atoms with van der Waals surface area (Å²) >= 11 is 0. The molecule has 0 saturated heterocycles. The van der Waals surface area contributed by atoms with Crippen molar-refractivity contribution in [3.05, 3.63) is 53.2 Å². The van der Waals surface area contributed by atoms with Gasteiger partial charge in [-0.15, -0.1) is 0 Å². The van der Waals surface area contributed by atoms with E-state index >= 15 is 0 Å². The molecule has 0 radical (unpaired) electrons. The smallest absolute Gasteiger partial charge is 0.201 e. The van der Waals surface area contributed by atoms with Crippen molar-refractivity contribution in [2.75, 3.05) is 0 Å². The van der Waals surface area contributed by atoms with E-state index in [1.54, 1.807) is 0 Å². The average molecular weight is 308 g/mol. The Hall–Kier alpha value is -1.63. The highest BCUT2D eigenvalue weighted by atomic mass is 14.9. The second-order valence-electron chi connectivity index (χ2n) is 8.22. The highest BCUT2D eigenvalue weighted by Gasteiger charge is 2.22. The largest absolute Gasteiger partial charge is 0.212 e. The van der Waals surface area contributed by atoms with Gasteiger partial charge >= 0.3 is 0 Å². The van der Waals surface area contributed by atoms with Gasteiger partial charge in [-0.3, -0.25) is 0 Å². The summed E-state index contributed by atoms with van der Waals surface area (Å²) in [6.07, 6.45) is 7.85. The number of hydrogen-bond acceptors (Lipinski definition) is 0. The Kier molecular flexibility index (Phi) is 4.31. The molecule has 1 saturated carbocycles. The average Bonchev–Trinajstić information content (AvgIpc) is 3.01. The van der Waals surface area contributed by atoms with Gasteiger partial charge in [0.1, 0.15) is 7.05 Å². The van der Waals surface area contributed by atoms with Gasteiger partial charge in [0.2, 0.25) is 5.69 Å². The Morgan fingerprint density at radius 2 is 1.70 bits per heavy atom. The summed E-state index contributed by atoms with van der Waals surface area (Å²) in [5, 5.41) is 0. The fourth-order valence-electron chi connectivity index (χ4n) is 3.83. The predicted molar refractivity (Wildman–Crippen MR) is 97.7 cm³/mol. The minimum Gasteiger partial charge on any atom is -0.201 e. The Labute approximate surface area is 141 Å². The number of hydrogen-bond donors (Lipinski definition) is 0. The summed E-state index contributed by atoms with van der Waals surface area (Å²) in [4.78, 5) is 0. The molecule has 0 bridgehead atoms. The van der Waals surface area contributed by atoms with Crippen LogP contribution in [0.2, 0.25) is 0 Å². The normalized spacial score (nSPS) is 16.0. The van der Waals surface area contributed by atoms with E-state index in [2.05, 4.69) is 75.8 Å². The van der Waals surface area contributed by atoms with Crippen LogP contribution in [-0.4, -0.2) is 0 Å². The molecule has 0 N–H and O–H groups in total. The van der Waals surface area contributed by atoms with Gasteiger partial charge < -0.3 is 0 Å². The lowest BCUT2D eigenvalue weighted by atomic mass is 9.85. The predicted octanol–water partition coefficient (Wildman–Crippen LogP) is 5.44. The van der Waals surface area contributed by atoms with Crippen LogP contribution in [0, 0.1) is 6.92 Å². The standard InChI is InChI=1S/C22H30N/c1-16-14-19(22(2,3)4)11-12-20(16)21-13-10-18(15-23(21)5)17-8-6-7-9-17/h10-15,17H,6-9H2,1-5H3/q+1. The molecule has 0 spiro atoms. The molecule has 1 nitrogen and oxygen atoms in total. The van der Waals surface area contributed by atoms with Crippen LogP contribution in [-0.2, 0) is 12.5 Å². The molecule has 1 aliphatic rings. The first-order chi connectivity index (χ1) is 10.9. The van der Waals surface area contributed by atoms with E-state index in [0.29, 0.717) is 0 Å². The van der Waals surface area contributed by atoms with Gasteiger partial charge in [-0.1, -0.05) is 45.7 Å². The molecule has 1 aliphatic carbocycles. The third-order valence-corrected chi connectivity index (χ3v) is 5.35.